The summed E-state index contributed by atoms with van der Waals surface area (Å²) in [6, 6.07) is 23.6. The second-order valence-electron chi connectivity index (χ2n) is 17.1. The summed E-state index contributed by atoms with van der Waals surface area (Å²) >= 11 is 15.2. The van der Waals surface area contributed by atoms with Crippen LogP contribution >= 0.6 is 54.8 Å². The minimum absolute atomic E-state index is 0.143. The van der Waals surface area contributed by atoms with Gasteiger partial charge in [-0.1, -0.05) is 35.4 Å². The van der Waals surface area contributed by atoms with E-state index in [1.165, 1.54) is 16.9 Å². The average Bonchev–Trinajstić information content (AvgIpc) is 4.07. The number of aromatic hydroxyl groups is 1. The van der Waals surface area contributed by atoms with Crippen LogP contribution in [-0.2, 0) is 26.2 Å². The van der Waals surface area contributed by atoms with Crippen LogP contribution in [0, 0.1) is 36.0 Å². The first-order chi connectivity index (χ1) is 30.7. The molecule has 1 N–H and O–H groups in total. The Morgan fingerprint density at radius 3 is 2.45 bits per heavy atom. The fourth-order valence-electron chi connectivity index (χ4n) is 10.8. The number of halogens is 3. The highest BCUT2D eigenvalue weighted by Gasteiger charge is 2.68. The van der Waals surface area contributed by atoms with E-state index in [0.29, 0.717) is 53.8 Å². The number of para-hydroxylation sites is 2. The number of thiophene rings is 1. The van der Waals surface area contributed by atoms with Crippen molar-refractivity contribution >= 4 is 111 Å². The Morgan fingerprint density at radius 1 is 0.938 bits per heavy atom. The molecular formula is C48H36Br2ClN5O7S. The zero-order valence-electron chi connectivity index (χ0n) is 34.6. The third kappa shape index (κ3) is 5.75. The number of amides is 4. The summed E-state index contributed by atoms with van der Waals surface area (Å²) in [5, 5.41) is 17.5. The van der Waals surface area contributed by atoms with Gasteiger partial charge in [0.25, 0.3) is 0 Å². The molecule has 2 saturated heterocycles. The molecule has 2 aliphatic carbocycles. The first-order valence-electron chi connectivity index (χ1n) is 20.6. The van der Waals surface area contributed by atoms with Crippen molar-refractivity contribution in [2.24, 2.45) is 36.1 Å². The van der Waals surface area contributed by atoms with Gasteiger partial charge in [-0.15, -0.1) is 11.3 Å². The molecule has 322 valence electrons. The molecule has 0 radical (unpaired) electrons. The molecule has 12 nitrogen and oxygen atoms in total. The molecule has 1 saturated carbocycles. The number of nitrogens with zero attached hydrogens (tertiary/aromatic N) is 5. The number of phenols is 1. The fourth-order valence-corrected chi connectivity index (χ4v) is 13.0. The fraction of sp³-hybridized carbons (Fsp3) is 0.250. The molecule has 4 amide bonds. The normalized spacial score (nSPS) is 24.2. The Labute approximate surface area is 391 Å². The Bertz CT molecular complexity index is 3220. The Hall–Kier alpha value is -5.61. The SMILES string of the molecule is COc1cc([C@H]2C3=CC[C@@H]4C(=O)N(c5ccc(-c6nc7ccccc7o6)cc5)C(=O)[C@@H]4[C@@H]3C[C@H]3C(=O)N(c4cc(-c5sc6ccc(Cl)cc6c5C)nn4C)C(=O)[C@@]23C)c(Br)c(Br)c1O. The molecule has 2 aliphatic heterocycles. The van der Waals surface area contributed by atoms with Crippen molar-refractivity contribution in [1.82, 2.24) is 14.8 Å². The van der Waals surface area contributed by atoms with Gasteiger partial charge in [-0.3, -0.25) is 28.8 Å². The monoisotopic (exact) mass is 1020 g/mol. The van der Waals surface area contributed by atoms with Gasteiger partial charge in [0.2, 0.25) is 29.5 Å². The van der Waals surface area contributed by atoms with E-state index in [-0.39, 0.29) is 36.2 Å². The molecule has 4 aliphatic rings. The maximum Gasteiger partial charge on any atom is 0.242 e. The minimum atomic E-state index is -1.38. The second kappa shape index (κ2) is 14.7. The average molecular weight is 1020 g/mol. The molecular weight excluding hydrogens is 986 g/mol. The van der Waals surface area contributed by atoms with Crippen molar-refractivity contribution in [3.8, 4) is 33.5 Å². The molecule has 3 aromatic heterocycles. The van der Waals surface area contributed by atoms with Crippen LogP contribution in [0.3, 0.4) is 0 Å². The third-order valence-corrected chi connectivity index (χ3v) is 17.5. The van der Waals surface area contributed by atoms with Crippen LogP contribution in [0.4, 0.5) is 11.5 Å². The van der Waals surface area contributed by atoms with Crippen LogP contribution in [0.2, 0.25) is 5.02 Å². The minimum Gasteiger partial charge on any atom is -0.503 e. The highest BCUT2D eigenvalue weighted by molar-refractivity contribution is 9.13. The van der Waals surface area contributed by atoms with Crippen LogP contribution in [0.25, 0.3) is 43.2 Å². The number of aryl methyl sites for hydroxylation is 2. The number of rotatable bonds is 6. The summed E-state index contributed by atoms with van der Waals surface area (Å²) in [4.78, 5) is 67.9. The van der Waals surface area contributed by atoms with Gasteiger partial charge in [0.15, 0.2) is 17.1 Å². The highest BCUT2D eigenvalue weighted by atomic mass is 79.9. The van der Waals surface area contributed by atoms with Crippen LogP contribution in [0.5, 0.6) is 11.5 Å². The van der Waals surface area contributed by atoms with E-state index in [4.69, 9.17) is 25.9 Å². The maximum atomic E-state index is 15.4. The topological polar surface area (TPSA) is 148 Å². The van der Waals surface area contributed by atoms with Crippen LogP contribution in [0.1, 0.15) is 36.8 Å². The maximum absolute atomic E-state index is 15.4. The van der Waals surface area contributed by atoms with Gasteiger partial charge in [-0.25, -0.2) is 9.88 Å². The summed E-state index contributed by atoms with van der Waals surface area (Å²) in [5.41, 5.74) is 4.05. The van der Waals surface area contributed by atoms with Crippen LogP contribution in [0.15, 0.2) is 104 Å². The first kappa shape index (κ1) is 41.1. The van der Waals surface area contributed by atoms with Crippen molar-refractivity contribution < 1.29 is 33.4 Å². The molecule has 0 spiro atoms. The number of hydrogen-bond donors (Lipinski definition) is 1. The molecule has 6 atom stereocenters. The molecule has 4 aromatic carbocycles. The summed E-state index contributed by atoms with van der Waals surface area (Å²) in [6.45, 7) is 3.82. The predicted molar refractivity (Wildman–Crippen MR) is 250 cm³/mol. The number of anilines is 2. The first-order valence-corrected chi connectivity index (χ1v) is 23.4. The number of imide groups is 2. The number of methoxy groups -OCH3 is 1. The number of hydrogen-bond acceptors (Lipinski definition) is 10. The third-order valence-electron chi connectivity index (χ3n) is 13.9. The van der Waals surface area contributed by atoms with E-state index in [0.717, 1.165) is 31.6 Å². The van der Waals surface area contributed by atoms with E-state index in [2.05, 4.69) is 36.8 Å². The number of ether oxygens (including phenoxy) is 1. The Kier molecular flexibility index (Phi) is 9.45. The largest absolute Gasteiger partial charge is 0.503 e. The molecule has 7 aromatic rings. The van der Waals surface area contributed by atoms with E-state index >= 15 is 9.59 Å². The lowest BCUT2D eigenvalue weighted by molar-refractivity contribution is -0.131. The van der Waals surface area contributed by atoms with Gasteiger partial charge in [0.1, 0.15) is 17.0 Å². The molecule has 16 heteroatoms. The van der Waals surface area contributed by atoms with Crippen LogP contribution < -0.4 is 14.5 Å². The number of aromatic nitrogens is 3. The summed E-state index contributed by atoms with van der Waals surface area (Å²) < 4.78 is 15.0. The summed E-state index contributed by atoms with van der Waals surface area (Å²) in [6.07, 6.45) is 2.39. The summed E-state index contributed by atoms with van der Waals surface area (Å²) in [5.74, 6) is -4.55. The van der Waals surface area contributed by atoms with Gasteiger partial charge >= 0.3 is 0 Å². The van der Waals surface area contributed by atoms with Crippen LogP contribution in [-0.4, -0.2) is 50.6 Å². The second-order valence-corrected chi connectivity index (χ2v) is 20.1. The van der Waals surface area contributed by atoms with E-state index < -0.39 is 46.8 Å². The van der Waals surface area contributed by atoms with Crippen molar-refractivity contribution in [2.75, 3.05) is 16.9 Å². The number of phenolic OH excluding ortho intramolecular Hbond substituents is 1. The number of fused-ring (bicyclic) bond motifs is 6. The smallest absolute Gasteiger partial charge is 0.242 e. The zero-order chi connectivity index (χ0) is 44.7. The van der Waals surface area contributed by atoms with Gasteiger partial charge in [0.05, 0.1) is 45.3 Å². The van der Waals surface area contributed by atoms with Gasteiger partial charge in [-0.05, 0) is 142 Å². The lowest BCUT2D eigenvalue weighted by Crippen LogP contribution is -2.49. The van der Waals surface area contributed by atoms with E-state index in [9.17, 15) is 14.7 Å². The van der Waals surface area contributed by atoms with Crippen molar-refractivity contribution in [3.05, 3.63) is 116 Å². The standard InChI is InChI=1S/C48H36Br2ClN5O7S/c1-21-27-17-23(51)11-16-35(27)64-42(21)32-20-36(54(3)53-32)56-45(59)30-18-28-25(38(48(30,2)47(56)61)29-19-34(62-4)41(57)40(50)39(29)49)14-15-26-37(28)46(60)55(44(26)58)24-12-9-22(10-13-24)43-52-31-7-5-6-8-33(31)63-43/h5-14,16-17,19-20,26,28,30,37-38,57H,15,18H2,1-4H3/t26-,28+,30-,37-,38+,48+/m0/s1. The number of benzene rings is 4. The number of carbonyl (C=O) groups is 4. The molecule has 11 rings (SSSR count). The number of carbonyl (C=O) groups excluding carboxylic acids is 4. The Balaban J connectivity index is 0.995. The van der Waals surface area contributed by atoms with E-state index in [1.54, 1.807) is 59.5 Å². The molecule has 0 unspecified atom stereocenters. The molecule has 0 bridgehead atoms. The lowest BCUT2D eigenvalue weighted by Gasteiger charge is -2.49. The van der Waals surface area contributed by atoms with Crippen molar-refractivity contribution in [2.45, 2.75) is 32.6 Å². The van der Waals surface area contributed by atoms with Crippen molar-refractivity contribution in [1.29, 1.82) is 0 Å². The Morgan fingerprint density at radius 2 is 1.70 bits per heavy atom. The van der Waals surface area contributed by atoms with Crippen molar-refractivity contribution in [3.63, 3.8) is 0 Å². The predicted octanol–water partition coefficient (Wildman–Crippen LogP) is 10.7. The molecule has 3 fully saturated rings. The van der Waals surface area contributed by atoms with Gasteiger partial charge in [0, 0.05) is 38.8 Å². The van der Waals surface area contributed by atoms with Gasteiger partial charge in [-0.2, -0.15) is 5.10 Å². The van der Waals surface area contributed by atoms with Gasteiger partial charge < -0.3 is 14.3 Å². The van der Waals surface area contributed by atoms with E-state index in [1.807, 2.05) is 62.4 Å². The number of oxazole rings is 1. The molecule has 5 heterocycles. The molecule has 64 heavy (non-hydrogen) atoms. The lowest BCUT2D eigenvalue weighted by atomic mass is 9.51. The summed E-state index contributed by atoms with van der Waals surface area (Å²) in [7, 11) is 3.15. The quantitative estimate of drug-likeness (QED) is 0.127. The number of allylic oxidation sites excluding steroid dienone is 2. The zero-order valence-corrected chi connectivity index (χ0v) is 39.3. The highest BCUT2D eigenvalue weighted by Crippen LogP contribution is 2.65.